The van der Waals surface area contributed by atoms with Gasteiger partial charge in [-0.15, -0.1) is 0 Å². The summed E-state index contributed by atoms with van der Waals surface area (Å²) in [5.41, 5.74) is -0.0724. The van der Waals surface area contributed by atoms with Gasteiger partial charge in [0.2, 0.25) is 0 Å². The first-order valence-corrected chi connectivity index (χ1v) is 6.44. The second-order valence-electron chi connectivity index (χ2n) is 5.33. The van der Waals surface area contributed by atoms with Crippen LogP contribution in [0.3, 0.4) is 0 Å². The Balaban J connectivity index is 2.18. The van der Waals surface area contributed by atoms with Crippen LogP contribution in [0, 0.1) is 5.92 Å². The monoisotopic (exact) mass is 235 g/mol. The van der Waals surface area contributed by atoms with Crippen molar-refractivity contribution in [2.24, 2.45) is 5.92 Å². The van der Waals surface area contributed by atoms with Crippen molar-refractivity contribution in [2.45, 2.75) is 52.0 Å². The van der Waals surface area contributed by atoms with Crippen LogP contribution in [-0.2, 0) is 0 Å². The van der Waals surface area contributed by atoms with Crippen LogP contribution in [0.5, 0.6) is 0 Å². The molecule has 1 aromatic rings. The number of aromatic nitrogens is 2. The lowest BCUT2D eigenvalue weighted by Crippen LogP contribution is -2.24. The van der Waals surface area contributed by atoms with Crippen LogP contribution in [0.1, 0.15) is 51.8 Å². The number of hydrogen-bond donors (Lipinski definition) is 2. The molecule has 1 aliphatic rings. The Labute approximate surface area is 102 Å². The molecule has 0 saturated heterocycles. The Morgan fingerprint density at radius 3 is 2.82 bits per heavy atom. The van der Waals surface area contributed by atoms with E-state index in [2.05, 4.69) is 22.2 Å². The summed E-state index contributed by atoms with van der Waals surface area (Å²) < 4.78 is 0. The van der Waals surface area contributed by atoms with E-state index in [9.17, 15) is 4.79 Å². The third kappa shape index (κ3) is 2.87. The SMILES string of the molecule is CC(C)c1nc(NC2CCCC2C)cc(=O)[nH]1. The summed E-state index contributed by atoms with van der Waals surface area (Å²) in [5, 5.41) is 3.40. The molecule has 1 fully saturated rings. The first kappa shape index (κ1) is 12.1. The molecule has 2 rings (SSSR count). The molecule has 4 heteroatoms. The molecule has 0 spiro atoms. The maximum Gasteiger partial charge on any atom is 0.252 e. The fourth-order valence-electron chi connectivity index (χ4n) is 2.37. The van der Waals surface area contributed by atoms with E-state index in [1.807, 2.05) is 13.8 Å². The standard InChI is InChI=1S/C13H21N3O/c1-8(2)13-15-11(7-12(17)16-13)14-10-6-4-5-9(10)3/h7-10H,4-6H2,1-3H3,(H2,14,15,16,17). The van der Waals surface area contributed by atoms with E-state index in [1.165, 1.54) is 19.3 Å². The highest BCUT2D eigenvalue weighted by Crippen LogP contribution is 2.27. The average Bonchev–Trinajstić information content (AvgIpc) is 2.63. The number of H-pyrrole nitrogens is 1. The molecule has 2 unspecified atom stereocenters. The van der Waals surface area contributed by atoms with Crippen LogP contribution in [0.4, 0.5) is 5.82 Å². The second-order valence-corrected chi connectivity index (χ2v) is 5.33. The first-order valence-electron chi connectivity index (χ1n) is 6.44. The lowest BCUT2D eigenvalue weighted by atomic mass is 10.1. The normalized spacial score (nSPS) is 24.2. The molecule has 2 atom stereocenters. The summed E-state index contributed by atoms with van der Waals surface area (Å²) in [7, 11) is 0. The fourth-order valence-corrected chi connectivity index (χ4v) is 2.37. The molecule has 1 heterocycles. The number of anilines is 1. The van der Waals surface area contributed by atoms with Crippen molar-refractivity contribution in [3.8, 4) is 0 Å². The number of nitrogens with zero attached hydrogens (tertiary/aromatic N) is 1. The minimum Gasteiger partial charge on any atom is -0.367 e. The molecular weight excluding hydrogens is 214 g/mol. The topological polar surface area (TPSA) is 57.8 Å². The molecule has 1 saturated carbocycles. The van der Waals surface area contributed by atoms with E-state index < -0.39 is 0 Å². The Bertz CT molecular complexity index is 439. The lowest BCUT2D eigenvalue weighted by Gasteiger charge is -2.18. The van der Waals surface area contributed by atoms with Crippen LogP contribution in [-0.4, -0.2) is 16.0 Å². The van der Waals surface area contributed by atoms with Crippen LogP contribution in [0.15, 0.2) is 10.9 Å². The summed E-state index contributed by atoms with van der Waals surface area (Å²) in [6.45, 7) is 6.31. The van der Waals surface area contributed by atoms with Crippen LogP contribution >= 0.6 is 0 Å². The molecule has 0 aliphatic heterocycles. The van der Waals surface area contributed by atoms with Gasteiger partial charge < -0.3 is 10.3 Å². The fraction of sp³-hybridized carbons (Fsp3) is 0.692. The molecule has 1 aromatic heterocycles. The molecule has 0 aromatic carbocycles. The van der Waals surface area contributed by atoms with Gasteiger partial charge in [0, 0.05) is 18.0 Å². The average molecular weight is 235 g/mol. The van der Waals surface area contributed by atoms with Crippen molar-refractivity contribution < 1.29 is 0 Å². The molecule has 94 valence electrons. The van der Waals surface area contributed by atoms with Gasteiger partial charge in [0.25, 0.3) is 5.56 Å². The van der Waals surface area contributed by atoms with Gasteiger partial charge in [-0.1, -0.05) is 27.2 Å². The highest BCUT2D eigenvalue weighted by molar-refractivity contribution is 5.35. The Morgan fingerprint density at radius 2 is 2.24 bits per heavy atom. The van der Waals surface area contributed by atoms with Crippen molar-refractivity contribution in [3.63, 3.8) is 0 Å². The molecule has 0 amide bonds. The summed E-state index contributed by atoms with van der Waals surface area (Å²) in [4.78, 5) is 18.8. The predicted molar refractivity (Wildman–Crippen MR) is 69.4 cm³/mol. The van der Waals surface area contributed by atoms with Gasteiger partial charge in [-0.25, -0.2) is 4.98 Å². The Hall–Kier alpha value is -1.32. The third-order valence-corrected chi connectivity index (χ3v) is 3.50. The van der Waals surface area contributed by atoms with Crippen molar-refractivity contribution in [3.05, 3.63) is 22.2 Å². The van der Waals surface area contributed by atoms with Crippen molar-refractivity contribution in [2.75, 3.05) is 5.32 Å². The Kier molecular flexibility index (Phi) is 3.50. The van der Waals surface area contributed by atoms with Gasteiger partial charge in [0.05, 0.1) is 0 Å². The molecular formula is C13H21N3O. The summed E-state index contributed by atoms with van der Waals surface area (Å²) in [6, 6.07) is 2.01. The van der Waals surface area contributed by atoms with Gasteiger partial charge in [-0.05, 0) is 18.8 Å². The van der Waals surface area contributed by atoms with E-state index in [0.29, 0.717) is 12.0 Å². The number of rotatable bonds is 3. The summed E-state index contributed by atoms with van der Waals surface area (Å²) >= 11 is 0. The van der Waals surface area contributed by atoms with Crippen molar-refractivity contribution in [1.82, 2.24) is 9.97 Å². The van der Waals surface area contributed by atoms with Gasteiger partial charge in [-0.3, -0.25) is 4.79 Å². The largest absolute Gasteiger partial charge is 0.367 e. The van der Waals surface area contributed by atoms with Gasteiger partial charge in [-0.2, -0.15) is 0 Å². The van der Waals surface area contributed by atoms with Crippen LogP contribution in [0.2, 0.25) is 0 Å². The zero-order valence-electron chi connectivity index (χ0n) is 10.8. The van der Waals surface area contributed by atoms with Crippen LogP contribution < -0.4 is 10.9 Å². The third-order valence-electron chi connectivity index (χ3n) is 3.50. The lowest BCUT2D eigenvalue weighted by molar-refractivity contribution is 0.554. The molecule has 17 heavy (non-hydrogen) atoms. The minimum absolute atomic E-state index is 0.0724. The van der Waals surface area contributed by atoms with Gasteiger partial charge >= 0.3 is 0 Å². The quantitative estimate of drug-likeness (QED) is 0.846. The number of nitrogens with one attached hydrogen (secondary N) is 2. The molecule has 0 bridgehead atoms. The second kappa shape index (κ2) is 4.90. The van der Waals surface area contributed by atoms with E-state index in [0.717, 1.165) is 11.6 Å². The summed E-state index contributed by atoms with van der Waals surface area (Å²) in [6.07, 6.45) is 3.70. The van der Waals surface area contributed by atoms with Crippen LogP contribution in [0.25, 0.3) is 0 Å². The predicted octanol–water partition coefficient (Wildman–Crippen LogP) is 2.49. The highest BCUT2D eigenvalue weighted by atomic mass is 16.1. The van der Waals surface area contributed by atoms with E-state index >= 15 is 0 Å². The molecule has 0 radical (unpaired) electrons. The van der Waals surface area contributed by atoms with Crippen molar-refractivity contribution >= 4 is 5.82 Å². The van der Waals surface area contributed by atoms with Gasteiger partial charge in [0.15, 0.2) is 0 Å². The Morgan fingerprint density at radius 1 is 1.47 bits per heavy atom. The smallest absolute Gasteiger partial charge is 0.252 e. The highest BCUT2D eigenvalue weighted by Gasteiger charge is 2.23. The zero-order chi connectivity index (χ0) is 12.4. The summed E-state index contributed by atoms with van der Waals surface area (Å²) in [5.74, 6) is 2.38. The minimum atomic E-state index is -0.0724. The zero-order valence-corrected chi connectivity index (χ0v) is 10.8. The maximum atomic E-state index is 11.5. The van der Waals surface area contributed by atoms with Crippen molar-refractivity contribution in [1.29, 1.82) is 0 Å². The number of aromatic amines is 1. The first-order chi connectivity index (χ1) is 8.06. The van der Waals surface area contributed by atoms with Gasteiger partial charge in [0.1, 0.15) is 11.6 Å². The number of hydrogen-bond acceptors (Lipinski definition) is 3. The molecule has 2 N–H and O–H groups in total. The van der Waals surface area contributed by atoms with E-state index in [-0.39, 0.29) is 11.5 Å². The van der Waals surface area contributed by atoms with E-state index in [1.54, 1.807) is 6.07 Å². The maximum absolute atomic E-state index is 11.5. The molecule has 4 nitrogen and oxygen atoms in total. The van der Waals surface area contributed by atoms with E-state index in [4.69, 9.17) is 0 Å². The molecule has 1 aliphatic carbocycles.